The van der Waals surface area contributed by atoms with Gasteiger partial charge in [0.1, 0.15) is 14.7 Å². The van der Waals surface area contributed by atoms with Gasteiger partial charge in [0.2, 0.25) is 0 Å². The molecule has 6 nitrogen and oxygen atoms in total. The molecule has 1 spiro atoms. The van der Waals surface area contributed by atoms with E-state index in [1.165, 1.54) is 35.3 Å². The van der Waals surface area contributed by atoms with E-state index in [9.17, 15) is 9.59 Å². The maximum Gasteiger partial charge on any atom is 0.345 e. The molecule has 0 aliphatic carbocycles. The van der Waals surface area contributed by atoms with Crippen LogP contribution < -0.4 is 10.1 Å². The minimum absolute atomic E-state index is 0.296. The van der Waals surface area contributed by atoms with Crippen molar-refractivity contribution in [2.24, 2.45) is 0 Å². The summed E-state index contributed by atoms with van der Waals surface area (Å²) in [5.41, 5.74) is 2.50. The third-order valence-corrected chi connectivity index (χ3v) is 9.53. The lowest BCUT2D eigenvalue weighted by molar-refractivity contribution is -0.138. The van der Waals surface area contributed by atoms with E-state index in [-0.39, 0.29) is 11.9 Å². The molecule has 176 valence electrons. The van der Waals surface area contributed by atoms with Crippen molar-refractivity contribution in [2.45, 2.75) is 44.2 Å². The van der Waals surface area contributed by atoms with Gasteiger partial charge in [0, 0.05) is 16.0 Å². The van der Waals surface area contributed by atoms with Crippen molar-refractivity contribution in [1.29, 1.82) is 0 Å². The molecule has 1 atom stereocenters. The number of ether oxygens (including phenoxy) is 3. The summed E-state index contributed by atoms with van der Waals surface area (Å²) in [6.45, 7) is 10.9. The zero-order chi connectivity index (χ0) is 23.8. The largest absolute Gasteiger partial charge is 0.492 e. The second kappa shape index (κ2) is 9.35. The van der Waals surface area contributed by atoms with Gasteiger partial charge in [-0.05, 0) is 52.2 Å². The highest BCUT2D eigenvalue weighted by molar-refractivity contribution is 8.25. The van der Waals surface area contributed by atoms with Gasteiger partial charge in [0.25, 0.3) is 0 Å². The molecule has 0 radical (unpaired) electrons. The molecule has 1 N–H and O–H groups in total. The molecule has 0 amide bonds. The van der Waals surface area contributed by atoms with E-state index in [1.807, 2.05) is 30.5 Å². The van der Waals surface area contributed by atoms with Gasteiger partial charge in [0.15, 0.2) is 0 Å². The van der Waals surface area contributed by atoms with E-state index < -0.39 is 9.62 Å². The van der Waals surface area contributed by atoms with Crippen LogP contribution in [0.3, 0.4) is 0 Å². The maximum absolute atomic E-state index is 12.8. The highest BCUT2D eigenvalue weighted by Crippen LogP contribution is 2.66. The Bertz CT molecular complexity index is 1090. The number of hydrogen-bond donors (Lipinski definition) is 1. The Kier molecular flexibility index (Phi) is 6.85. The Hall–Kier alpha value is -1.97. The summed E-state index contributed by atoms with van der Waals surface area (Å²) in [6.07, 6.45) is 1.94. The molecule has 1 aromatic rings. The lowest BCUT2D eigenvalue weighted by Crippen LogP contribution is -2.41. The Labute approximate surface area is 206 Å². The summed E-state index contributed by atoms with van der Waals surface area (Å²) in [7, 11) is 0. The molecule has 1 unspecified atom stereocenters. The number of hydrogen-bond acceptors (Lipinski definition) is 9. The molecule has 3 aliphatic rings. The second-order valence-corrected chi connectivity index (χ2v) is 11.7. The highest BCUT2D eigenvalue weighted by Gasteiger charge is 2.51. The Morgan fingerprint density at radius 1 is 1.00 bits per heavy atom. The molecular weight excluding hydrogens is 478 g/mol. The topological polar surface area (TPSA) is 73.9 Å². The highest BCUT2D eigenvalue weighted by atomic mass is 32.2. The number of para-hydroxylation sites is 1. The molecule has 3 aliphatic heterocycles. The molecular formula is C24H27NO5S3. The standard InChI is InChI=1S/C24H27NO5S3/c1-6-28-15-11-9-10-14-18-20(23(4,5)25-19(14)15)32-16(21(26)29-7-2)12-24(18)31-13-17(33-24)22(27)30-8-3/h9-13,25H,6-8H2,1-5H3. The van der Waals surface area contributed by atoms with Crippen molar-refractivity contribution in [3.05, 3.63) is 50.0 Å². The Morgan fingerprint density at radius 3 is 2.36 bits per heavy atom. The molecule has 0 fully saturated rings. The first kappa shape index (κ1) is 24.2. The third kappa shape index (κ3) is 4.31. The van der Waals surface area contributed by atoms with E-state index >= 15 is 0 Å². The average molecular weight is 506 g/mol. The summed E-state index contributed by atoms with van der Waals surface area (Å²) in [5.74, 6) is 0.0696. The van der Waals surface area contributed by atoms with Gasteiger partial charge in [0.05, 0.1) is 36.0 Å². The number of esters is 2. The zero-order valence-corrected chi connectivity index (χ0v) is 21.7. The molecule has 4 rings (SSSR count). The normalized spacial score (nSPS) is 22.6. The van der Waals surface area contributed by atoms with E-state index in [1.54, 1.807) is 13.8 Å². The van der Waals surface area contributed by atoms with Crippen molar-refractivity contribution in [1.82, 2.24) is 0 Å². The number of nitrogens with one attached hydrogen (secondary N) is 1. The van der Waals surface area contributed by atoms with Crippen molar-refractivity contribution in [3.8, 4) is 5.75 Å². The molecule has 3 heterocycles. The van der Waals surface area contributed by atoms with E-state index in [2.05, 4.69) is 25.2 Å². The fourth-order valence-electron chi connectivity index (χ4n) is 3.98. The minimum Gasteiger partial charge on any atom is -0.492 e. The van der Waals surface area contributed by atoms with Crippen molar-refractivity contribution in [2.75, 3.05) is 25.1 Å². The van der Waals surface area contributed by atoms with Crippen LogP contribution >= 0.6 is 35.3 Å². The molecule has 0 saturated carbocycles. The minimum atomic E-state index is -0.705. The molecule has 0 bridgehead atoms. The van der Waals surface area contributed by atoms with Crippen molar-refractivity contribution in [3.63, 3.8) is 0 Å². The third-order valence-electron chi connectivity index (χ3n) is 5.27. The number of carbonyl (C=O) groups is 2. The molecule has 0 saturated heterocycles. The van der Waals surface area contributed by atoms with Crippen LogP contribution in [0.5, 0.6) is 5.75 Å². The summed E-state index contributed by atoms with van der Waals surface area (Å²) in [6, 6.07) is 5.99. The Morgan fingerprint density at radius 2 is 1.70 bits per heavy atom. The van der Waals surface area contributed by atoms with Crippen LogP contribution in [-0.4, -0.2) is 41.4 Å². The lowest BCUT2D eigenvalue weighted by atomic mass is 9.87. The van der Waals surface area contributed by atoms with E-state index in [0.717, 1.165) is 27.5 Å². The van der Waals surface area contributed by atoms with Crippen LogP contribution in [0.25, 0.3) is 5.57 Å². The first-order chi connectivity index (χ1) is 15.8. The van der Waals surface area contributed by atoms with Gasteiger partial charge in [-0.2, -0.15) is 0 Å². The summed E-state index contributed by atoms with van der Waals surface area (Å²) in [5, 5.41) is 5.47. The number of rotatable bonds is 6. The molecule has 0 aromatic heterocycles. The predicted octanol–water partition coefficient (Wildman–Crippen LogP) is 5.78. The number of thioether (sulfide) groups is 3. The monoisotopic (exact) mass is 505 g/mol. The van der Waals surface area contributed by atoms with Gasteiger partial charge < -0.3 is 19.5 Å². The quantitative estimate of drug-likeness (QED) is 0.485. The lowest BCUT2D eigenvalue weighted by Gasteiger charge is -2.45. The van der Waals surface area contributed by atoms with Crippen LogP contribution in [0.4, 0.5) is 5.69 Å². The van der Waals surface area contributed by atoms with Crippen LogP contribution in [0.2, 0.25) is 0 Å². The van der Waals surface area contributed by atoms with Gasteiger partial charge in [-0.15, -0.1) is 11.8 Å². The van der Waals surface area contributed by atoms with Crippen LogP contribution in [0.15, 0.2) is 44.4 Å². The van der Waals surface area contributed by atoms with Crippen molar-refractivity contribution < 1.29 is 23.8 Å². The number of carbonyl (C=O) groups excluding carboxylic acids is 2. The smallest absolute Gasteiger partial charge is 0.345 e. The average Bonchev–Trinajstić information content (AvgIpc) is 3.19. The predicted molar refractivity (Wildman–Crippen MR) is 137 cm³/mol. The van der Waals surface area contributed by atoms with E-state index in [0.29, 0.717) is 29.6 Å². The maximum atomic E-state index is 12.8. The van der Waals surface area contributed by atoms with Crippen LogP contribution in [0, 0.1) is 0 Å². The summed E-state index contributed by atoms with van der Waals surface area (Å²) in [4.78, 5) is 27.5. The number of fused-ring (bicyclic) bond motifs is 3. The second-order valence-electron chi connectivity index (χ2n) is 7.99. The van der Waals surface area contributed by atoms with Gasteiger partial charge >= 0.3 is 11.9 Å². The first-order valence-corrected chi connectivity index (χ1v) is 13.4. The SMILES string of the molecule is CCOC(=O)C1=CC2(SC=C(C(=O)OCC)S2)C2=C(S1)C(C)(C)Nc1c(OCC)cccc12. The first-order valence-electron chi connectivity index (χ1n) is 10.9. The summed E-state index contributed by atoms with van der Waals surface area (Å²) < 4.78 is 15.8. The zero-order valence-electron chi connectivity index (χ0n) is 19.3. The summed E-state index contributed by atoms with van der Waals surface area (Å²) >= 11 is 4.36. The Balaban J connectivity index is 1.89. The molecule has 9 heteroatoms. The number of benzene rings is 1. The van der Waals surface area contributed by atoms with Gasteiger partial charge in [-0.1, -0.05) is 35.7 Å². The molecule has 1 aromatic carbocycles. The fraction of sp³-hybridized carbons (Fsp3) is 0.417. The molecule has 33 heavy (non-hydrogen) atoms. The number of anilines is 1. The van der Waals surface area contributed by atoms with Crippen molar-refractivity contribution >= 4 is 58.5 Å². The van der Waals surface area contributed by atoms with Gasteiger partial charge in [-0.3, -0.25) is 0 Å². The van der Waals surface area contributed by atoms with Crippen LogP contribution in [-0.2, 0) is 19.1 Å². The fourth-order valence-corrected chi connectivity index (χ4v) is 8.33. The van der Waals surface area contributed by atoms with Gasteiger partial charge in [-0.25, -0.2) is 9.59 Å². The van der Waals surface area contributed by atoms with Crippen LogP contribution in [0.1, 0.15) is 40.2 Å². The van der Waals surface area contributed by atoms with E-state index in [4.69, 9.17) is 14.2 Å².